The predicted octanol–water partition coefficient (Wildman–Crippen LogP) is 3.22. The highest BCUT2D eigenvalue weighted by molar-refractivity contribution is 5.97. The van der Waals surface area contributed by atoms with Gasteiger partial charge in [-0.2, -0.15) is 13.2 Å². The van der Waals surface area contributed by atoms with Gasteiger partial charge in [0.25, 0.3) is 17.7 Å². The Morgan fingerprint density at radius 1 is 1.10 bits per heavy atom. The van der Waals surface area contributed by atoms with E-state index in [0.717, 1.165) is 13.8 Å². The molecule has 0 radical (unpaired) electrons. The van der Waals surface area contributed by atoms with Crippen LogP contribution in [0.25, 0.3) is 0 Å². The maximum Gasteiger partial charge on any atom is 0.484 e. The van der Waals surface area contributed by atoms with Crippen LogP contribution in [0.1, 0.15) is 40.9 Å². The summed E-state index contributed by atoms with van der Waals surface area (Å²) in [4.78, 5) is 39.3. The Labute approximate surface area is 227 Å². The number of alkyl halides is 5. The second kappa shape index (κ2) is 11.0. The van der Waals surface area contributed by atoms with Gasteiger partial charge in [-0.25, -0.2) is 8.78 Å². The van der Waals surface area contributed by atoms with E-state index in [1.807, 2.05) is 0 Å². The number of rotatable bonds is 7. The highest BCUT2D eigenvalue weighted by Gasteiger charge is 2.65. The fraction of sp³-hybridized carbons (Fsp3) is 0.444. The number of benzene rings is 2. The number of carbonyl (C=O) groups excluding carboxylic acids is 3. The molecule has 13 heteroatoms. The van der Waals surface area contributed by atoms with Crippen molar-refractivity contribution in [1.29, 1.82) is 0 Å². The minimum atomic E-state index is -5.25. The molecule has 0 saturated carbocycles. The van der Waals surface area contributed by atoms with Gasteiger partial charge in [0, 0.05) is 11.1 Å². The van der Waals surface area contributed by atoms with Crippen molar-refractivity contribution in [3.05, 3.63) is 64.7 Å². The topological polar surface area (TPSA) is 119 Å². The summed E-state index contributed by atoms with van der Waals surface area (Å²) in [5, 5.41) is 24.4. The van der Waals surface area contributed by atoms with Gasteiger partial charge in [0.2, 0.25) is 5.91 Å². The molecule has 3 amide bonds. The maximum absolute atomic E-state index is 14.9. The van der Waals surface area contributed by atoms with E-state index in [-0.39, 0.29) is 28.2 Å². The molecule has 3 rings (SSSR count). The molecule has 2 aromatic carbocycles. The van der Waals surface area contributed by atoms with Gasteiger partial charge in [-0.15, -0.1) is 0 Å². The molecule has 8 nitrogen and oxygen atoms in total. The van der Waals surface area contributed by atoms with E-state index in [4.69, 9.17) is 0 Å². The molecule has 1 aliphatic heterocycles. The summed E-state index contributed by atoms with van der Waals surface area (Å²) in [6, 6.07) is 7.36. The summed E-state index contributed by atoms with van der Waals surface area (Å²) in [5.41, 5.74) is -1.14. The molecule has 1 fully saturated rings. The first-order chi connectivity index (χ1) is 18.4. The lowest BCUT2D eigenvalue weighted by molar-refractivity contribution is -0.177. The first kappa shape index (κ1) is 30.8. The lowest BCUT2D eigenvalue weighted by Gasteiger charge is -2.34. The number of halogens is 5. The monoisotopic (exact) mass is 571 g/mol. The highest BCUT2D eigenvalue weighted by Crippen LogP contribution is 2.48. The van der Waals surface area contributed by atoms with Crippen molar-refractivity contribution in [2.75, 3.05) is 6.54 Å². The number of hydrogen-bond acceptors (Lipinski definition) is 5. The van der Waals surface area contributed by atoms with Gasteiger partial charge >= 0.3 is 6.30 Å². The third-order valence-electron chi connectivity index (χ3n) is 7.12. The van der Waals surface area contributed by atoms with Crippen LogP contribution in [0, 0.1) is 19.3 Å². The van der Waals surface area contributed by atoms with Gasteiger partial charge < -0.3 is 20.4 Å². The number of hydrogen-bond donors (Lipinski definition) is 4. The fourth-order valence-electron chi connectivity index (χ4n) is 4.75. The van der Waals surface area contributed by atoms with Crippen LogP contribution in [0.2, 0.25) is 0 Å². The van der Waals surface area contributed by atoms with Crippen LogP contribution in [0.4, 0.5) is 22.0 Å². The number of aliphatic hydroxyl groups excluding tert-OH is 1. The Morgan fingerprint density at radius 3 is 2.27 bits per heavy atom. The minimum Gasteiger partial charge on any atom is -0.508 e. The molecule has 40 heavy (non-hydrogen) atoms. The van der Waals surface area contributed by atoms with Crippen LogP contribution in [0.3, 0.4) is 0 Å². The van der Waals surface area contributed by atoms with E-state index >= 15 is 0 Å². The molecule has 0 aliphatic carbocycles. The average molecular weight is 572 g/mol. The summed E-state index contributed by atoms with van der Waals surface area (Å²) in [6.07, 6.45) is -7.66. The molecule has 3 atom stereocenters. The fourth-order valence-corrected chi connectivity index (χ4v) is 4.75. The lowest BCUT2D eigenvalue weighted by atomic mass is 9.81. The third kappa shape index (κ3) is 6.35. The van der Waals surface area contributed by atoms with E-state index in [1.54, 1.807) is 37.3 Å². The molecule has 1 aliphatic rings. The molecule has 0 bridgehead atoms. The van der Waals surface area contributed by atoms with Crippen LogP contribution in [-0.2, 0) is 16.0 Å². The molecule has 1 saturated heterocycles. The van der Waals surface area contributed by atoms with Gasteiger partial charge in [-0.1, -0.05) is 44.2 Å². The van der Waals surface area contributed by atoms with Crippen LogP contribution in [-0.4, -0.2) is 69.8 Å². The van der Waals surface area contributed by atoms with Gasteiger partial charge in [0.05, 0.1) is 18.0 Å². The van der Waals surface area contributed by atoms with Crippen molar-refractivity contribution in [2.24, 2.45) is 5.41 Å². The van der Waals surface area contributed by atoms with Gasteiger partial charge in [-0.05, 0) is 43.5 Å². The number of aliphatic hydroxyl groups is 1. The van der Waals surface area contributed by atoms with Crippen LogP contribution < -0.4 is 10.6 Å². The number of carbonyl (C=O) groups is 3. The summed E-state index contributed by atoms with van der Waals surface area (Å²) >= 11 is 0. The molecule has 4 N–H and O–H groups in total. The average Bonchev–Trinajstić information content (AvgIpc) is 3.03. The summed E-state index contributed by atoms with van der Waals surface area (Å²) < 4.78 is 68.6. The number of phenols is 1. The molecule has 0 unspecified atom stereocenters. The van der Waals surface area contributed by atoms with E-state index in [0.29, 0.717) is 16.4 Å². The normalized spacial score (nSPS) is 19.6. The van der Waals surface area contributed by atoms with Crippen molar-refractivity contribution >= 4 is 17.7 Å². The smallest absolute Gasteiger partial charge is 0.484 e. The molecule has 2 aromatic rings. The molecular weight excluding hydrogens is 541 g/mol. The van der Waals surface area contributed by atoms with Gasteiger partial charge in [0.15, 0.2) is 6.10 Å². The summed E-state index contributed by atoms with van der Waals surface area (Å²) in [7, 11) is 0. The number of phenolic OH excluding ortho intramolecular Hbond substituents is 1. The Hall–Kier alpha value is -3.74. The maximum atomic E-state index is 14.9. The van der Waals surface area contributed by atoms with Crippen LogP contribution in [0.5, 0.6) is 5.75 Å². The predicted molar refractivity (Wildman–Crippen MR) is 133 cm³/mol. The van der Waals surface area contributed by atoms with E-state index < -0.39 is 60.1 Å². The molecule has 0 aromatic heterocycles. The van der Waals surface area contributed by atoms with Crippen LogP contribution in [0.15, 0.2) is 42.5 Å². The Morgan fingerprint density at radius 2 is 1.70 bits per heavy atom. The highest BCUT2D eigenvalue weighted by atomic mass is 19.4. The Kier molecular flexibility index (Phi) is 8.49. The zero-order chi connectivity index (χ0) is 30.2. The largest absolute Gasteiger partial charge is 0.508 e. The van der Waals surface area contributed by atoms with E-state index in [9.17, 15) is 46.5 Å². The number of aromatic hydroxyl groups is 1. The Bertz CT molecular complexity index is 1280. The van der Waals surface area contributed by atoms with Crippen LogP contribution >= 0.6 is 0 Å². The van der Waals surface area contributed by atoms with Gasteiger partial charge in [0.1, 0.15) is 11.8 Å². The van der Waals surface area contributed by atoms with Crippen molar-refractivity contribution in [3.63, 3.8) is 0 Å². The summed E-state index contributed by atoms with van der Waals surface area (Å²) in [6.45, 7) is 3.36. The van der Waals surface area contributed by atoms with E-state index in [2.05, 4.69) is 5.32 Å². The first-order valence-electron chi connectivity index (χ1n) is 12.3. The van der Waals surface area contributed by atoms with Crippen molar-refractivity contribution in [2.45, 2.75) is 64.5 Å². The first-order valence-corrected chi connectivity index (χ1v) is 12.3. The second-order valence-corrected chi connectivity index (χ2v) is 10.5. The number of amides is 3. The lowest BCUT2D eigenvalue weighted by Crippen LogP contribution is -2.59. The minimum absolute atomic E-state index is 0.0199. The third-order valence-corrected chi connectivity index (χ3v) is 7.12. The molecule has 1 heterocycles. The SMILES string of the molecule is Cc1cc(O)c(C)c(C(=O)N[C@@H](Cc2ccccc2)[C@H](O)C(=O)N2CC(F)(F)C(C)(C)[C@@H]2C(=O)NC(F)(F)F)c1. The molecular formula is C27H30F5N3O5. The number of aryl methyl sites for hydroxylation is 1. The second-order valence-electron chi connectivity index (χ2n) is 10.5. The van der Waals surface area contributed by atoms with Crippen molar-refractivity contribution in [3.8, 4) is 5.75 Å². The zero-order valence-electron chi connectivity index (χ0n) is 22.1. The van der Waals surface area contributed by atoms with E-state index in [1.165, 1.54) is 19.1 Å². The summed E-state index contributed by atoms with van der Waals surface area (Å²) in [5.74, 6) is -8.11. The molecule has 0 spiro atoms. The number of nitrogens with one attached hydrogen (secondary N) is 2. The Balaban J connectivity index is 1.98. The van der Waals surface area contributed by atoms with Gasteiger partial charge in [-0.3, -0.25) is 19.7 Å². The number of nitrogens with zero attached hydrogens (tertiary/aromatic N) is 1. The molecule has 218 valence electrons. The quantitative estimate of drug-likeness (QED) is 0.301. The standard InChI is InChI=1S/C27H30F5N3O5/c1-14-10-17(15(2)19(36)11-14)22(38)33-18(12-16-8-6-5-7-9-16)20(37)24(40)35-13-26(28,29)25(3,4)21(35)23(39)34-27(30,31)32/h5-11,18,20-21,36-37H,12-13H2,1-4H3,(H,33,38)(H,34,39)/t18-,20-,21-/m0/s1. The number of likely N-dealkylation sites (tertiary alicyclic amines) is 1. The zero-order valence-corrected chi connectivity index (χ0v) is 22.1. The van der Waals surface area contributed by atoms with Crippen molar-refractivity contribution < 1.29 is 46.5 Å². The van der Waals surface area contributed by atoms with Crippen molar-refractivity contribution in [1.82, 2.24) is 15.5 Å².